The number of nitrogens with one attached hydrogen (secondary N) is 2. The van der Waals surface area contributed by atoms with Crippen LogP contribution in [-0.4, -0.2) is 42.3 Å². The second-order valence-corrected chi connectivity index (χ2v) is 11.7. The van der Waals surface area contributed by atoms with Crippen LogP contribution in [0.3, 0.4) is 0 Å². The van der Waals surface area contributed by atoms with Crippen molar-refractivity contribution in [3.63, 3.8) is 0 Å². The largest absolute Gasteiger partial charge is 0.369 e. The number of hydrogen-bond acceptors (Lipinski definition) is 9. The van der Waals surface area contributed by atoms with E-state index in [2.05, 4.69) is 38.1 Å². The predicted octanol–water partition coefficient (Wildman–Crippen LogP) is 4.59. The number of rotatable bonds is 6. The van der Waals surface area contributed by atoms with E-state index in [0.29, 0.717) is 11.3 Å². The average Bonchev–Trinajstić information content (AvgIpc) is 3.61. The maximum absolute atomic E-state index is 11.7. The SMILES string of the molecule is CC(=O)NC12CCC(c3nnc(-c4cnc(-c5ccc6cc(C#N)cnn56)cc4N[C@H](C)C#N)s3)(CC1)CC2. The summed E-state index contributed by atoms with van der Waals surface area (Å²) < 4.78 is 1.75. The summed E-state index contributed by atoms with van der Waals surface area (Å²) in [7, 11) is 0. The second-order valence-electron chi connectivity index (χ2n) is 10.7. The predicted molar refractivity (Wildman–Crippen MR) is 147 cm³/mol. The highest BCUT2D eigenvalue weighted by Crippen LogP contribution is 2.54. The third-order valence-electron chi connectivity index (χ3n) is 8.16. The number of carbonyl (C=O) groups excluding carboxylic acids is 1. The van der Waals surface area contributed by atoms with E-state index in [1.807, 2.05) is 18.2 Å². The molecule has 1 amide bonds. The Morgan fingerprint density at radius 3 is 2.56 bits per heavy atom. The number of nitriles is 2. The van der Waals surface area contributed by atoms with E-state index in [4.69, 9.17) is 4.98 Å². The van der Waals surface area contributed by atoms with E-state index in [-0.39, 0.29) is 16.9 Å². The lowest BCUT2D eigenvalue weighted by molar-refractivity contribution is -0.122. The van der Waals surface area contributed by atoms with Gasteiger partial charge in [0.2, 0.25) is 5.91 Å². The molecular weight excluding hydrogens is 510 g/mol. The van der Waals surface area contributed by atoms with Crippen LogP contribution >= 0.6 is 11.3 Å². The van der Waals surface area contributed by atoms with Gasteiger partial charge >= 0.3 is 0 Å². The first-order valence-electron chi connectivity index (χ1n) is 13.0. The first-order valence-corrected chi connectivity index (χ1v) is 13.8. The van der Waals surface area contributed by atoms with Crippen LogP contribution in [0, 0.1) is 22.7 Å². The van der Waals surface area contributed by atoms with E-state index in [0.717, 1.165) is 71.0 Å². The van der Waals surface area contributed by atoms with E-state index >= 15 is 0 Å². The Bertz CT molecular complexity index is 1650. The summed E-state index contributed by atoms with van der Waals surface area (Å²) in [5.41, 5.74) is 4.21. The van der Waals surface area contributed by atoms with Gasteiger partial charge in [0, 0.05) is 29.8 Å². The molecule has 0 saturated heterocycles. The van der Waals surface area contributed by atoms with Gasteiger partial charge in [-0.3, -0.25) is 9.78 Å². The molecule has 3 aliphatic carbocycles. The molecule has 4 heterocycles. The fourth-order valence-corrected chi connectivity index (χ4v) is 7.16. The molecule has 2 bridgehead atoms. The normalized spacial score (nSPS) is 22.7. The molecule has 1 atom stereocenters. The van der Waals surface area contributed by atoms with Crippen molar-refractivity contribution < 1.29 is 4.79 Å². The molecule has 4 aromatic rings. The summed E-state index contributed by atoms with van der Waals surface area (Å²) in [5.74, 6) is 0.0426. The number of hydrogen-bond donors (Lipinski definition) is 2. The molecule has 10 nitrogen and oxygen atoms in total. The van der Waals surface area contributed by atoms with Crippen LogP contribution in [0.1, 0.15) is 62.9 Å². The molecule has 7 rings (SSSR count). The van der Waals surface area contributed by atoms with Crippen molar-refractivity contribution in [1.29, 1.82) is 10.5 Å². The van der Waals surface area contributed by atoms with Crippen LogP contribution in [0.2, 0.25) is 0 Å². The van der Waals surface area contributed by atoms with Gasteiger partial charge in [-0.1, -0.05) is 11.3 Å². The summed E-state index contributed by atoms with van der Waals surface area (Å²) in [6.07, 6.45) is 9.13. The van der Waals surface area contributed by atoms with E-state index in [9.17, 15) is 15.3 Å². The summed E-state index contributed by atoms with van der Waals surface area (Å²) in [4.78, 5) is 16.5. The van der Waals surface area contributed by atoms with Gasteiger partial charge in [-0.15, -0.1) is 10.2 Å². The van der Waals surface area contributed by atoms with Crippen LogP contribution in [0.4, 0.5) is 5.69 Å². The molecule has 11 heteroatoms. The van der Waals surface area contributed by atoms with Crippen molar-refractivity contribution in [2.24, 2.45) is 0 Å². The van der Waals surface area contributed by atoms with Crippen molar-refractivity contribution in [2.45, 2.75) is 69.4 Å². The monoisotopic (exact) mass is 537 g/mol. The maximum Gasteiger partial charge on any atom is 0.217 e. The maximum atomic E-state index is 11.7. The van der Waals surface area contributed by atoms with Crippen LogP contribution in [-0.2, 0) is 10.2 Å². The van der Waals surface area contributed by atoms with Crippen molar-refractivity contribution in [3.8, 4) is 34.1 Å². The van der Waals surface area contributed by atoms with E-state index in [1.165, 1.54) is 6.20 Å². The summed E-state index contributed by atoms with van der Waals surface area (Å²) in [6, 6.07) is 11.4. The zero-order valence-electron chi connectivity index (χ0n) is 21.7. The minimum atomic E-state index is -0.427. The molecule has 0 spiro atoms. The third kappa shape index (κ3) is 4.39. The molecule has 4 aromatic heterocycles. The molecule has 3 fully saturated rings. The van der Waals surface area contributed by atoms with Gasteiger partial charge in [0.05, 0.1) is 40.3 Å². The molecule has 196 valence electrons. The zero-order chi connectivity index (χ0) is 27.2. The highest BCUT2D eigenvalue weighted by atomic mass is 32.1. The fraction of sp³-hybridized carbons (Fsp3) is 0.393. The first-order chi connectivity index (χ1) is 18.8. The zero-order valence-corrected chi connectivity index (χ0v) is 22.5. The molecule has 0 radical (unpaired) electrons. The Hall–Kier alpha value is -4.35. The Balaban J connectivity index is 1.33. The van der Waals surface area contributed by atoms with Gasteiger partial charge in [-0.05, 0) is 69.7 Å². The Morgan fingerprint density at radius 2 is 1.87 bits per heavy atom. The van der Waals surface area contributed by atoms with E-state index < -0.39 is 6.04 Å². The lowest BCUT2D eigenvalue weighted by Gasteiger charge is -2.52. The van der Waals surface area contributed by atoms with Gasteiger partial charge in [0.15, 0.2) is 5.01 Å². The topological polar surface area (TPSA) is 145 Å². The Morgan fingerprint density at radius 1 is 1.10 bits per heavy atom. The summed E-state index contributed by atoms with van der Waals surface area (Å²) in [6.45, 7) is 3.40. The second kappa shape index (κ2) is 9.44. The molecular formula is C28H27N9OS. The molecule has 2 N–H and O–H groups in total. The Labute approximate surface area is 229 Å². The number of carbonyl (C=O) groups is 1. The molecule has 39 heavy (non-hydrogen) atoms. The number of anilines is 1. The van der Waals surface area contributed by atoms with E-state index in [1.54, 1.807) is 42.0 Å². The van der Waals surface area contributed by atoms with Gasteiger partial charge < -0.3 is 10.6 Å². The van der Waals surface area contributed by atoms with Crippen LogP contribution in [0.15, 0.2) is 36.7 Å². The van der Waals surface area contributed by atoms with Crippen molar-refractivity contribution in [3.05, 3.63) is 47.2 Å². The smallest absolute Gasteiger partial charge is 0.217 e. The lowest BCUT2D eigenvalue weighted by atomic mass is 9.57. The number of amides is 1. The van der Waals surface area contributed by atoms with Gasteiger partial charge in [-0.25, -0.2) is 4.52 Å². The minimum Gasteiger partial charge on any atom is -0.369 e. The Kier molecular flexibility index (Phi) is 6.04. The summed E-state index contributed by atoms with van der Waals surface area (Å²) in [5, 5.41) is 40.6. The molecule has 0 unspecified atom stereocenters. The number of pyridine rings is 1. The standard InChI is InChI=1S/C28H27N9OS/c1-17(13-29)33-22-12-23(24-4-3-20-11-19(14-30)15-32-37(20)24)31-16-21(22)25-35-36-26(39-25)27-5-8-28(9-6-27,10-7-27)34-18(2)38/h3-4,11-12,15-17H,5-10H2,1-2H3,(H,31,33)(H,34,38)/t17-,27?,28?/m1/s1. The van der Waals surface area contributed by atoms with Gasteiger partial charge in [0.1, 0.15) is 17.1 Å². The fourth-order valence-electron chi connectivity index (χ4n) is 6.02. The van der Waals surface area contributed by atoms with Crippen molar-refractivity contribution >= 4 is 28.4 Å². The first kappa shape index (κ1) is 25.0. The molecule has 3 aliphatic rings. The number of fused-ring (bicyclic) bond motifs is 4. The quantitative estimate of drug-likeness (QED) is 0.363. The van der Waals surface area contributed by atoms with Gasteiger partial charge in [-0.2, -0.15) is 15.6 Å². The van der Waals surface area contributed by atoms with Gasteiger partial charge in [0.25, 0.3) is 0 Å². The average molecular weight is 538 g/mol. The highest BCUT2D eigenvalue weighted by Gasteiger charge is 2.51. The minimum absolute atomic E-state index is 0.00413. The number of nitrogens with zero attached hydrogens (tertiary/aromatic N) is 7. The molecule has 0 aromatic carbocycles. The number of aromatic nitrogens is 5. The van der Waals surface area contributed by atoms with Crippen molar-refractivity contribution in [2.75, 3.05) is 5.32 Å². The molecule has 3 saturated carbocycles. The lowest BCUT2D eigenvalue weighted by Crippen LogP contribution is -2.57. The van der Waals surface area contributed by atoms with Crippen LogP contribution in [0.5, 0.6) is 0 Å². The van der Waals surface area contributed by atoms with Crippen molar-refractivity contribution in [1.82, 2.24) is 30.1 Å². The third-order valence-corrected chi connectivity index (χ3v) is 9.36. The molecule has 0 aliphatic heterocycles. The summed E-state index contributed by atoms with van der Waals surface area (Å²) >= 11 is 1.59. The van der Waals surface area contributed by atoms with Crippen LogP contribution < -0.4 is 10.6 Å². The van der Waals surface area contributed by atoms with Crippen LogP contribution in [0.25, 0.3) is 27.5 Å². The highest BCUT2D eigenvalue weighted by molar-refractivity contribution is 7.14.